The van der Waals surface area contributed by atoms with E-state index in [4.69, 9.17) is 4.74 Å². The van der Waals surface area contributed by atoms with Crippen LogP contribution in [0.25, 0.3) is 0 Å². The maximum absolute atomic E-state index is 5.62. The van der Waals surface area contributed by atoms with Gasteiger partial charge in [0.2, 0.25) is 0 Å². The van der Waals surface area contributed by atoms with Crippen LogP contribution < -0.4 is 5.32 Å². The minimum absolute atomic E-state index is 0.621. The van der Waals surface area contributed by atoms with Crippen LogP contribution in [0.5, 0.6) is 0 Å². The van der Waals surface area contributed by atoms with Gasteiger partial charge in [-0.05, 0) is 37.3 Å². The largest absolute Gasteiger partial charge is 0.381 e. The van der Waals surface area contributed by atoms with Crippen LogP contribution in [0, 0.1) is 17.8 Å². The van der Waals surface area contributed by atoms with Crippen molar-refractivity contribution in [1.29, 1.82) is 0 Å². The van der Waals surface area contributed by atoms with Crippen LogP contribution >= 0.6 is 0 Å². The molecule has 0 radical (unpaired) electrons. The van der Waals surface area contributed by atoms with E-state index in [9.17, 15) is 0 Å². The molecule has 1 atom stereocenters. The Hall–Kier alpha value is -0.0800. The molecule has 0 saturated carbocycles. The Kier molecular flexibility index (Phi) is 9.12. The Bertz CT molecular complexity index is 134. The molecule has 15 heavy (non-hydrogen) atoms. The maximum Gasteiger partial charge on any atom is 0.0503 e. The zero-order valence-corrected chi connectivity index (χ0v) is 11.2. The molecule has 0 spiro atoms. The fraction of sp³-hybridized carbons (Fsp3) is 1.00. The molecule has 0 aliphatic rings. The van der Waals surface area contributed by atoms with Gasteiger partial charge in [-0.1, -0.05) is 34.6 Å². The fourth-order valence-corrected chi connectivity index (χ4v) is 1.28. The lowest BCUT2D eigenvalue weighted by Crippen LogP contribution is -2.27. The van der Waals surface area contributed by atoms with Crippen LogP contribution in [0.2, 0.25) is 0 Å². The summed E-state index contributed by atoms with van der Waals surface area (Å²) >= 11 is 0. The molecule has 0 aliphatic carbocycles. The van der Waals surface area contributed by atoms with Crippen molar-refractivity contribution >= 4 is 0 Å². The summed E-state index contributed by atoms with van der Waals surface area (Å²) in [7, 11) is 0. The first-order valence-corrected chi connectivity index (χ1v) is 6.30. The third-order valence-corrected chi connectivity index (χ3v) is 2.29. The summed E-state index contributed by atoms with van der Waals surface area (Å²) in [5.41, 5.74) is 0. The molecule has 2 heteroatoms. The van der Waals surface area contributed by atoms with E-state index < -0.39 is 0 Å². The molecule has 0 saturated heterocycles. The van der Waals surface area contributed by atoms with E-state index in [-0.39, 0.29) is 0 Å². The molecule has 0 bridgehead atoms. The Morgan fingerprint density at radius 3 is 2.13 bits per heavy atom. The molecule has 1 N–H and O–H groups in total. The second-order valence-electron chi connectivity index (χ2n) is 5.41. The Morgan fingerprint density at radius 2 is 1.60 bits per heavy atom. The topological polar surface area (TPSA) is 21.3 Å². The number of nitrogens with one attached hydrogen (secondary N) is 1. The highest BCUT2D eigenvalue weighted by Crippen LogP contribution is 2.01. The summed E-state index contributed by atoms with van der Waals surface area (Å²) in [4.78, 5) is 0. The van der Waals surface area contributed by atoms with Gasteiger partial charge < -0.3 is 10.1 Å². The van der Waals surface area contributed by atoms with Gasteiger partial charge >= 0.3 is 0 Å². The Labute approximate surface area is 95.8 Å². The number of ether oxygens (including phenoxy) is 1. The molecule has 1 unspecified atom stereocenters. The lowest BCUT2D eigenvalue weighted by atomic mass is 10.1. The van der Waals surface area contributed by atoms with Gasteiger partial charge in [-0.2, -0.15) is 0 Å². The van der Waals surface area contributed by atoms with Gasteiger partial charge in [-0.3, -0.25) is 0 Å². The summed E-state index contributed by atoms with van der Waals surface area (Å²) in [5.74, 6) is 2.11. The van der Waals surface area contributed by atoms with Crippen molar-refractivity contribution in [3.05, 3.63) is 0 Å². The lowest BCUT2D eigenvalue weighted by molar-refractivity contribution is 0.0955. The average molecular weight is 215 g/mol. The number of hydrogen-bond donors (Lipinski definition) is 1. The van der Waals surface area contributed by atoms with Crippen LogP contribution in [0.3, 0.4) is 0 Å². The quantitative estimate of drug-likeness (QED) is 0.597. The van der Waals surface area contributed by atoms with Crippen LogP contribution in [0.1, 0.15) is 41.0 Å². The van der Waals surface area contributed by atoms with E-state index in [0.29, 0.717) is 5.92 Å². The second-order valence-corrected chi connectivity index (χ2v) is 5.41. The second kappa shape index (κ2) is 9.17. The minimum atomic E-state index is 0.621. The van der Waals surface area contributed by atoms with Crippen molar-refractivity contribution < 1.29 is 4.74 Å². The monoisotopic (exact) mass is 215 g/mol. The Balaban J connectivity index is 3.22. The molecule has 0 aromatic carbocycles. The van der Waals surface area contributed by atoms with Gasteiger partial charge in [0, 0.05) is 6.61 Å². The highest BCUT2D eigenvalue weighted by Gasteiger charge is 2.02. The summed E-state index contributed by atoms with van der Waals surface area (Å²) in [6, 6.07) is 0. The fourth-order valence-electron chi connectivity index (χ4n) is 1.28. The number of hydrogen-bond acceptors (Lipinski definition) is 2. The summed E-state index contributed by atoms with van der Waals surface area (Å²) in [5, 5.41) is 3.45. The minimum Gasteiger partial charge on any atom is -0.381 e. The van der Waals surface area contributed by atoms with Gasteiger partial charge in [0.05, 0.1) is 6.61 Å². The average Bonchev–Trinajstić information content (AvgIpc) is 2.11. The van der Waals surface area contributed by atoms with E-state index in [1.54, 1.807) is 0 Å². The van der Waals surface area contributed by atoms with Crippen LogP contribution in [0.15, 0.2) is 0 Å². The molecule has 0 heterocycles. The molecule has 0 aliphatic heterocycles. The van der Waals surface area contributed by atoms with Crippen LogP contribution in [-0.4, -0.2) is 26.3 Å². The van der Waals surface area contributed by atoms with Gasteiger partial charge in [0.1, 0.15) is 0 Å². The van der Waals surface area contributed by atoms with E-state index in [2.05, 4.69) is 39.9 Å². The van der Waals surface area contributed by atoms with Crippen LogP contribution in [0.4, 0.5) is 0 Å². The van der Waals surface area contributed by atoms with Crippen molar-refractivity contribution in [1.82, 2.24) is 5.32 Å². The van der Waals surface area contributed by atoms with Crippen molar-refractivity contribution in [2.24, 2.45) is 17.8 Å². The molecule has 0 aromatic rings. The van der Waals surface area contributed by atoms with Crippen molar-refractivity contribution in [2.45, 2.75) is 41.0 Å². The summed E-state index contributed by atoms with van der Waals surface area (Å²) in [6.45, 7) is 15.1. The first kappa shape index (κ1) is 14.9. The van der Waals surface area contributed by atoms with Crippen molar-refractivity contribution in [3.63, 3.8) is 0 Å². The van der Waals surface area contributed by atoms with Crippen LogP contribution in [-0.2, 0) is 4.74 Å². The van der Waals surface area contributed by atoms with E-state index in [1.807, 2.05) is 0 Å². The standard InChI is InChI=1S/C13H29NO/c1-11(2)6-7-15-10-13(5)9-14-8-12(3)4/h11-14H,6-10H2,1-5H3. The summed E-state index contributed by atoms with van der Waals surface area (Å²) in [6.07, 6.45) is 1.17. The molecule has 0 fully saturated rings. The SMILES string of the molecule is CC(C)CCOCC(C)CNCC(C)C. The third kappa shape index (κ3) is 11.8. The summed E-state index contributed by atoms with van der Waals surface area (Å²) < 4.78 is 5.62. The normalized spacial score (nSPS) is 13.8. The van der Waals surface area contributed by atoms with Gasteiger partial charge in [0.25, 0.3) is 0 Å². The van der Waals surface area contributed by atoms with Gasteiger partial charge in [-0.25, -0.2) is 0 Å². The highest BCUT2D eigenvalue weighted by atomic mass is 16.5. The first-order valence-electron chi connectivity index (χ1n) is 6.30. The predicted molar refractivity (Wildman–Crippen MR) is 67.1 cm³/mol. The third-order valence-electron chi connectivity index (χ3n) is 2.29. The Morgan fingerprint density at radius 1 is 0.933 bits per heavy atom. The van der Waals surface area contributed by atoms with E-state index in [0.717, 1.165) is 38.1 Å². The van der Waals surface area contributed by atoms with E-state index in [1.165, 1.54) is 6.42 Å². The zero-order valence-electron chi connectivity index (χ0n) is 11.2. The molecule has 92 valence electrons. The highest BCUT2D eigenvalue weighted by molar-refractivity contribution is 4.57. The van der Waals surface area contributed by atoms with E-state index >= 15 is 0 Å². The molecule has 0 aromatic heterocycles. The maximum atomic E-state index is 5.62. The smallest absolute Gasteiger partial charge is 0.0503 e. The van der Waals surface area contributed by atoms with Gasteiger partial charge in [0.15, 0.2) is 0 Å². The zero-order chi connectivity index (χ0) is 11.7. The molecule has 0 amide bonds. The van der Waals surface area contributed by atoms with Crippen molar-refractivity contribution in [3.8, 4) is 0 Å². The molecule has 2 nitrogen and oxygen atoms in total. The predicted octanol–water partition coefficient (Wildman–Crippen LogP) is 2.93. The van der Waals surface area contributed by atoms with Gasteiger partial charge in [-0.15, -0.1) is 0 Å². The number of rotatable bonds is 9. The first-order chi connectivity index (χ1) is 7.02. The molecule has 0 rings (SSSR count). The molecular formula is C13H29NO. The molecular weight excluding hydrogens is 186 g/mol. The lowest BCUT2D eigenvalue weighted by Gasteiger charge is -2.14. The van der Waals surface area contributed by atoms with Crippen molar-refractivity contribution in [2.75, 3.05) is 26.3 Å².